The molecule has 1 aromatic heterocycles. The third-order valence-corrected chi connectivity index (χ3v) is 3.16. The minimum absolute atomic E-state index is 0.453. The lowest BCUT2D eigenvalue weighted by atomic mass is 9.99. The van der Waals surface area contributed by atoms with E-state index >= 15 is 0 Å². The SMILES string of the molecule is CCc1c[nH]c2ccc(C(C)COC)cc12. The summed E-state index contributed by atoms with van der Waals surface area (Å²) in [6.07, 6.45) is 3.18. The zero-order valence-electron chi connectivity index (χ0n) is 10.2. The average Bonchev–Trinajstić information content (AvgIpc) is 2.71. The number of aryl methyl sites for hydroxylation is 1. The smallest absolute Gasteiger partial charge is 0.0528 e. The number of methoxy groups -OCH3 is 1. The number of hydrogen-bond acceptors (Lipinski definition) is 1. The molecule has 0 amide bonds. The highest BCUT2D eigenvalue weighted by atomic mass is 16.5. The van der Waals surface area contributed by atoms with Gasteiger partial charge in [0.25, 0.3) is 0 Å². The number of aromatic amines is 1. The molecule has 2 rings (SSSR count). The molecule has 1 aromatic carbocycles. The number of benzene rings is 1. The van der Waals surface area contributed by atoms with Crippen LogP contribution in [0.1, 0.15) is 30.9 Å². The van der Waals surface area contributed by atoms with Gasteiger partial charge in [-0.15, -0.1) is 0 Å². The topological polar surface area (TPSA) is 25.0 Å². The van der Waals surface area contributed by atoms with Crippen molar-refractivity contribution in [2.45, 2.75) is 26.2 Å². The Labute approximate surface area is 96.6 Å². The van der Waals surface area contributed by atoms with Crippen LogP contribution in [0.5, 0.6) is 0 Å². The summed E-state index contributed by atoms with van der Waals surface area (Å²) in [5.41, 5.74) is 3.97. The minimum atomic E-state index is 0.453. The van der Waals surface area contributed by atoms with Gasteiger partial charge in [0, 0.05) is 30.1 Å². The van der Waals surface area contributed by atoms with Gasteiger partial charge in [0.15, 0.2) is 0 Å². The van der Waals surface area contributed by atoms with Crippen LogP contribution in [-0.2, 0) is 11.2 Å². The summed E-state index contributed by atoms with van der Waals surface area (Å²) in [6.45, 7) is 5.16. The van der Waals surface area contributed by atoms with Crippen molar-refractivity contribution in [2.24, 2.45) is 0 Å². The number of fused-ring (bicyclic) bond motifs is 1. The monoisotopic (exact) mass is 217 g/mol. The minimum Gasteiger partial charge on any atom is -0.384 e. The van der Waals surface area contributed by atoms with Crippen LogP contribution in [0.2, 0.25) is 0 Å². The molecule has 86 valence electrons. The molecular weight excluding hydrogens is 198 g/mol. The largest absolute Gasteiger partial charge is 0.384 e. The van der Waals surface area contributed by atoms with Gasteiger partial charge in [-0.25, -0.2) is 0 Å². The average molecular weight is 217 g/mol. The van der Waals surface area contributed by atoms with E-state index in [4.69, 9.17) is 4.74 Å². The first-order valence-corrected chi connectivity index (χ1v) is 5.85. The van der Waals surface area contributed by atoms with E-state index in [1.165, 1.54) is 22.0 Å². The van der Waals surface area contributed by atoms with Gasteiger partial charge in [0.1, 0.15) is 0 Å². The molecule has 0 bridgehead atoms. The number of aromatic nitrogens is 1. The van der Waals surface area contributed by atoms with Gasteiger partial charge in [-0.05, 0) is 29.7 Å². The highest BCUT2D eigenvalue weighted by Crippen LogP contribution is 2.24. The molecule has 1 atom stereocenters. The standard InChI is InChI=1S/C14H19NO/c1-4-11-8-15-14-6-5-12(7-13(11)14)10(2)9-16-3/h5-8,10,15H,4,9H2,1-3H3. The highest BCUT2D eigenvalue weighted by molar-refractivity contribution is 5.84. The van der Waals surface area contributed by atoms with Crippen LogP contribution in [0.15, 0.2) is 24.4 Å². The summed E-state index contributed by atoms with van der Waals surface area (Å²) >= 11 is 0. The number of ether oxygens (including phenoxy) is 1. The molecule has 1 unspecified atom stereocenters. The van der Waals surface area contributed by atoms with E-state index in [1.807, 2.05) is 0 Å². The molecule has 0 saturated heterocycles. The first-order chi connectivity index (χ1) is 7.76. The fourth-order valence-corrected chi connectivity index (χ4v) is 2.14. The van der Waals surface area contributed by atoms with Gasteiger partial charge in [-0.3, -0.25) is 0 Å². The van der Waals surface area contributed by atoms with E-state index in [0.29, 0.717) is 5.92 Å². The molecule has 1 heterocycles. The summed E-state index contributed by atoms with van der Waals surface area (Å²) in [4.78, 5) is 3.31. The predicted molar refractivity (Wildman–Crippen MR) is 68.0 cm³/mol. The summed E-state index contributed by atoms with van der Waals surface area (Å²) in [5.74, 6) is 0.453. The Morgan fingerprint density at radius 1 is 1.38 bits per heavy atom. The van der Waals surface area contributed by atoms with Crippen LogP contribution in [0.4, 0.5) is 0 Å². The first kappa shape index (κ1) is 11.2. The van der Waals surface area contributed by atoms with Crippen molar-refractivity contribution in [1.29, 1.82) is 0 Å². The number of H-pyrrole nitrogens is 1. The van der Waals surface area contributed by atoms with Crippen LogP contribution >= 0.6 is 0 Å². The second kappa shape index (κ2) is 4.71. The normalized spacial score (nSPS) is 13.2. The molecule has 0 aliphatic carbocycles. The van der Waals surface area contributed by atoms with Gasteiger partial charge in [-0.2, -0.15) is 0 Å². The number of hydrogen-bond donors (Lipinski definition) is 1. The fourth-order valence-electron chi connectivity index (χ4n) is 2.14. The molecule has 0 spiro atoms. The third kappa shape index (κ3) is 1.98. The third-order valence-electron chi connectivity index (χ3n) is 3.16. The Bertz CT molecular complexity index is 473. The highest BCUT2D eigenvalue weighted by Gasteiger charge is 2.08. The Kier molecular flexibility index (Phi) is 3.30. The predicted octanol–water partition coefficient (Wildman–Crippen LogP) is 3.48. The van der Waals surface area contributed by atoms with E-state index in [2.05, 4.69) is 43.2 Å². The quantitative estimate of drug-likeness (QED) is 0.833. The second-order valence-electron chi connectivity index (χ2n) is 4.33. The Hall–Kier alpha value is -1.28. The Balaban J connectivity index is 2.41. The molecule has 0 fully saturated rings. The molecule has 2 aromatic rings. The van der Waals surface area contributed by atoms with Gasteiger partial charge >= 0.3 is 0 Å². The van der Waals surface area contributed by atoms with Crippen molar-refractivity contribution in [1.82, 2.24) is 4.98 Å². The van der Waals surface area contributed by atoms with Crippen LogP contribution < -0.4 is 0 Å². The molecule has 1 N–H and O–H groups in total. The maximum Gasteiger partial charge on any atom is 0.0528 e. The molecule has 2 heteroatoms. The van der Waals surface area contributed by atoms with Crippen LogP contribution in [-0.4, -0.2) is 18.7 Å². The fraction of sp³-hybridized carbons (Fsp3) is 0.429. The van der Waals surface area contributed by atoms with Crippen molar-refractivity contribution >= 4 is 10.9 Å². The lowest BCUT2D eigenvalue weighted by molar-refractivity contribution is 0.184. The summed E-state index contributed by atoms with van der Waals surface area (Å²) in [5, 5.41) is 1.35. The molecule has 2 nitrogen and oxygen atoms in total. The lowest BCUT2D eigenvalue weighted by Gasteiger charge is -2.10. The van der Waals surface area contributed by atoms with Crippen LogP contribution in [0, 0.1) is 0 Å². The maximum atomic E-state index is 5.20. The van der Waals surface area contributed by atoms with E-state index in [-0.39, 0.29) is 0 Å². The van der Waals surface area contributed by atoms with E-state index in [1.54, 1.807) is 7.11 Å². The van der Waals surface area contributed by atoms with Gasteiger partial charge in [-0.1, -0.05) is 19.9 Å². The molecule has 0 radical (unpaired) electrons. The molecule has 16 heavy (non-hydrogen) atoms. The van der Waals surface area contributed by atoms with Crippen molar-refractivity contribution < 1.29 is 4.74 Å². The van der Waals surface area contributed by atoms with Crippen molar-refractivity contribution in [2.75, 3.05) is 13.7 Å². The summed E-state index contributed by atoms with van der Waals surface area (Å²) in [6, 6.07) is 6.63. The second-order valence-corrected chi connectivity index (χ2v) is 4.33. The molecule has 0 aliphatic heterocycles. The summed E-state index contributed by atoms with van der Waals surface area (Å²) in [7, 11) is 1.75. The van der Waals surface area contributed by atoms with Crippen molar-refractivity contribution in [3.63, 3.8) is 0 Å². The zero-order chi connectivity index (χ0) is 11.5. The molecule has 0 aliphatic rings. The Morgan fingerprint density at radius 2 is 2.19 bits per heavy atom. The Morgan fingerprint density at radius 3 is 2.88 bits per heavy atom. The van der Waals surface area contributed by atoms with Crippen LogP contribution in [0.25, 0.3) is 10.9 Å². The van der Waals surface area contributed by atoms with Crippen molar-refractivity contribution in [3.05, 3.63) is 35.5 Å². The molecular formula is C14H19NO. The first-order valence-electron chi connectivity index (χ1n) is 5.85. The van der Waals surface area contributed by atoms with E-state index in [9.17, 15) is 0 Å². The van der Waals surface area contributed by atoms with Gasteiger partial charge in [0.2, 0.25) is 0 Å². The van der Waals surface area contributed by atoms with Crippen LogP contribution in [0.3, 0.4) is 0 Å². The van der Waals surface area contributed by atoms with Gasteiger partial charge < -0.3 is 9.72 Å². The van der Waals surface area contributed by atoms with Gasteiger partial charge in [0.05, 0.1) is 6.61 Å². The van der Waals surface area contributed by atoms with E-state index in [0.717, 1.165) is 13.0 Å². The zero-order valence-corrected chi connectivity index (χ0v) is 10.2. The van der Waals surface area contributed by atoms with Crippen molar-refractivity contribution in [3.8, 4) is 0 Å². The maximum absolute atomic E-state index is 5.20. The lowest BCUT2D eigenvalue weighted by Crippen LogP contribution is -2.01. The molecule has 0 saturated carbocycles. The summed E-state index contributed by atoms with van der Waals surface area (Å²) < 4.78 is 5.20. The number of rotatable bonds is 4. The van der Waals surface area contributed by atoms with E-state index < -0.39 is 0 Å². The number of nitrogens with one attached hydrogen (secondary N) is 1.